The number of benzene rings is 2. The first-order valence-corrected chi connectivity index (χ1v) is 13.6. The van der Waals surface area contributed by atoms with Crippen LogP contribution in [0, 0.1) is 5.92 Å². The summed E-state index contributed by atoms with van der Waals surface area (Å²) in [5.74, 6) is 0.0341. The Labute approximate surface area is 213 Å². The molecule has 0 spiro atoms. The molecular formula is C25H34ClN3O5S. The Hall–Kier alpha value is -2.78. The molecule has 0 fully saturated rings. The zero-order chi connectivity index (χ0) is 26.2. The van der Waals surface area contributed by atoms with Gasteiger partial charge in [0.05, 0.1) is 24.1 Å². The Morgan fingerprint density at radius 1 is 1.11 bits per heavy atom. The Morgan fingerprint density at radius 3 is 2.37 bits per heavy atom. The van der Waals surface area contributed by atoms with Gasteiger partial charge in [-0.25, -0.2) is 8.42 Å². The molecule has 1 unspecified atom stereocenters. The quantitative estimate of drug-likeness (QED) is 0.457. The number of carbonyl (C=O) groups is 2. The van der Waals surface area contributed by atoms with Gasteiger partial charge in [0.25, 0.3) is 0 Å². The average molecular weight is 524 g/mol. The Kier molecular flexibility index (Phi) is 10.4. The van der Waals surface area contributed by atoms with Crippen molar-refractivity contribution < 1.29 is 22.7 Å². The highest BCUT2D eigenvalue weighted by Gasteiger charge is 2.32. The summed E-state index contributed by atoms with van der Waals surface area (Å²) >= 11 is 6.25. The standard InChI is InChI=1S/C25H34ClN3O5S/c1-6-22(25(31)27-15-18(2)3)28(16-19-10-9-11-20(14-19)34-4)24(30)17-29(35(5,32)33)23-13-8-7-12-21(23)26/h7-14,18,22H,6,15-17H2,1-5H3,(H,27,31). The zero-order valence-corrected chi connectivity index (χ0v) is 22.4. The highest BCUT2D eigenvalue weighted by atomic mass is 35.5. The van der Waals surface area contributed by atoms with Crippen LogP contribution in [0.3, 0.4) is 0 Å². The van der Waals surface area contributed by atoms with Gasteiger partial charge < -0.3 is 15.0 Å². The Balaban J connectivity index is 2.45. The predicted molar refractivity (Wildman–Crippen MR) is 139 cm³/mol. The van der Waals surface area contributed by atoms with E-state index in [2.05, 4.69) is 5.32 Å². The second-order valence-corrected chi connectivity index (χ2v) is 11.0. The summed E-state index contributed by atoms with van der Waals surface area (Å²) in [6.45, 7) is 5.84. The fraction of sp³-hybridized carbons (Fsp3) is 0.440. The van der Waals surface area contributed by atoms with Gasteiger partial charge in [0, 0.05) is 13.1 Å². The SMILES string of the molecule is CCC(C(=O)NCC(C)C)N(Cc1cccc(OC)c1)C(=O)CN(c1ccccc1Cl)S(C)(=O)=O. The third kappa shape index (κ3) is 8.14. The number of ether oxygens (including phenoxy) is 1. The van der Waals surface area contributed by atoms with Gasteiger partial charge in [-0.15, -0.1) is 0 Å². The van der Waals surface area contributed by atoms with Gasteiger partial charge in [-0.2, -0.15) is 0 Å². The number of hydrogen-bond donors (Lipinski definition) is 1. The van der Waals surface area contributed by atoms with E-state index in [1.807, 2.05) is 26.8 Å². The summed E-state index contributed by atoms with van der Waals surface area (Å²) in [7, 11) is -2.30. The highest BCUT2D eigenvalue weighted by molar-refractivity contribution is 7.92. The molecule has 0 aromatic heterocycles. The molecule has 2 rings (SSSR count). The van der Waals surface area contributed by atoms with E-state index in [0.29, 0.717) is 18.7 Å². The van der Waals surface area contributed by atoms with Gasteiger partial charge in [-0.05, 0) is 42.2 Å². The molecule has 1 atom stereocenters. The monoisotopic (exact) mass is 523 g/mol. The van der Waals surface area contributed by atoms with Crippen LogP contribution in [0.1, 0.15) is 32.8 Å². The minimum atomic E-state index is -3.85. The number of methoxy groups -OCH3 is 1. The van der Waals surface area contributed by atoms with Crippen molar-refractivity contribution >= 4 is 39.1 Å². The molecule has 0 heterocycles. The maximum Gasteiger partial charge on any atom is 0.244 e. The smallest absolute Gasteiger partial charge is 0.244 e. The first-order valence-electron chi connectivity index (χ1n) is 11.4. The molecule has 0 radical (unpaired) electrons. The van der Waals surface area contributed by atoms with E-state index >= 15 is 0 Å². The molecule has 1 N–H and O–H groups in total. The molecule has 8 nitrogen and oxygen atoms in total. The van der Waals surface area contributed by atoms with Crippen LogP contribution in [-0.4, -0.2) is 57.6 Å². The molecule has 0 aliphatic heterocycles. The minimum Gasteiger partial charge on any atom is -0.497 e. The number of nitrogens with one attached hydrogen (secondary N) is 1. The largest absolute Gasteiger partial charge is 0.497 e. The molecule has 0 bridgehead atoms. The van der Waals surface area contributed by atoms with E-state index < -0.39 is 28.5 Å². The number of halogens is 1. The number of rotatable bonds is 12. The van der Waals surface area contributed by atoms with Crippen LogP contribution < -0.4 is 14.4 Å². The van der Waals surface area contributed by atoms with Crippen molar-refractivity contribution in [3.05, 3.63) is 59.1 Å². The van der Waals surface area contributed by atoms with Crippen molar-refractivity contribution in [1.82, 2.24) is 10.2 Å². The maximum absolute atomic E-state index is 13.7. The van der Waals surface area contributed by atoms with E-state index in [1.165, 1.54) is 11.0 Å². The lowest BCUT2D eigenvalue weighted by atomic mass is 10.1. The van der Waals surface area contributed by atoms with Gasteiger partial charge in [0.1, 0.15) is 18.3 Å². The summed E-state index contributed by atoms with van der Waals surface area (Å²) in [5.41, 5.74) is 0.945. The van der Waals surface area contributed by atoms with Crippen LogP contribution in [0.4, 0.5) is 5.69 Å². The van der Waals surface area contributed by atoms with Gasteiger partial charge in [0.2, 0.25) is 21.8 Å². The first kappa shape index (κ1) is 28.5. The fourth-order valence-electron chi connectivity index (χ4n) is 3.56. The second kappa shape index (κ2) is 12.8. The summed E-state index contributed by atoms with van der Waals surface area (Å²) in [5, 5.41) is 3.09. The molecule has 2 amide bonds. The maximum atomic E-state index is 13.7. The molecule has 2 aromatic rings. The molecular weight excluding hydrogens is 490 g/mol. The van der Waals surface area contributed by atoms with Crippen molar-refractivity contribution in [2.75, 3.05) is 30.8 Å². The number of para-hydroxylation sites is 1. The van der Waals surface area contributed by atoms with E-state index in [9.17, 15) is 18.0 Å². The normalized spacial score (nSPS) is 12.2. The summed E-state index contributed by atoms with van der Waals surface area (Å²) in [4.78, 5) is 28.1. The van der Waals surface area contributed by atoms with Crippen LogP contribution >= 0.6 is 11.6 Å². The third-order valence-corrected chi connectivity index (χ3v) is 6.80. The number of carbonyl (C=O) groups excluding carboxylic acids is 2. The lowest BCUT2D eigenvalue weighted by Crippen LogP contribution is -2.52. The van der Waals surface area contributed by atoms with Gasteiger partial charge in [-0.3, -0.25) is 13.9 Å². The van der Waals surface area contributed by atoms with Crippen molar-refractivity contribution in [2.24, 2.45) is 5.92 Å². The van der Waals surface area contributed by atoms with Crippen LogP contribution in [0.5, 0.6) is 5.75 Å². The van der Waals surface area contributed by atoms with Crippen molar-refractivity contribution in [3.63, 3.8) is 0 Å². The number of sulfonamides is 1. The molecule has 192 valence electrons. The lowest BCUT2D eigenvalue weighted by Gasteiger charge is -2.33. The first-order chi connectivity index (χ1) is 16.5. The fourth-order valence-corrected chi connectivity index (χ4v) is 4.71. The Bertz CT molecular complexity index is 1120. The van der Waals surface area contributed by atoms with Crippen LogP contribution in [0.15, 0.2) is 48.5 Å². The second-order valence-electron chi connectivity index (χ2n) is 8.66. The molecule has 0 aliphatic rings. The van der Waals surface area contributed by atoms with Crippen LogP contribution in [-0.2, 0) is 26.2 Å². The van der Waals surface area contributed by atoms with Gasteiger partial charge in [0.15, 0.2) is 0 Å². The van der Waals surface area contributed by atoms with Crippen molar-refractivity contribution in [3.8, 4) is 5.75 Å². The summed E-state index contributed by atoms with van der Waals surface area (Å²) in [6.07, 6.45) is 1.37. The lowest BCUT2D eigenvalue weighted by molar-refractivity contribution is -0.140. The van der Waals surface area contributed by atoms with Crippen LogP contribution in [0.2, 0.25) is 5.02 Å². The molecule has 2 aromatic carbocycles. The van der Waals surface area contributed by atoms with Crippen molar-refractivity contribution in [1.29, 1.82) is 0 Å². The van der Waals surface area contributed by atoms with E-state index in [0.717, 1.165) is 16.1 Å². The summed E-state index contributed by atoms with van der Waals surface area (Å²) < 4.78 is 31.5. The number of nitrogens with zero attached hydrogens (tertiary/aromatic N) is 2. The highest BCUT2D eigenvalue weighted by Crippen LogP contribution is 2.27. The number of hydrogen-bond acceptors (Lipinski definition) is 5. The van der Waals surface area contributed by atoms with E-state index in [4.69, 9.17) is 16.3 Å². The molecule has 35 heavy (non-hydrogen) atoms. The van der Waals surface area contributed by atoms with Crippen molar-refractivity contribution in [2.45, 2.75) is 39.8 Å². The molecule has 0 saturated carbocycles. The van der Waals surface area contributed by atoms with Crippen LogP contribution in [0.25, 0.3) is 0 Å². The van der Waals surface area contributed by atoms with E-state index in [1.54, 1.807) is 43.5 Å². The number of anilines is 1. The molecule has 0 aliphatic carbocycles. The van der Waals surface area contributed by atoms with Gasteiger partial charge >= 0.3 is 0 Å². The van der Waals surface area contributed by atoms with E-state index in [-0.39, 0.29) is 29.1 Å². The molecule has 0 saturated heterocycles. The average Bonchev–Trinajstić information content (AvgIpc) is 2.80. The third-order valence-electron chi connectivity index (χ3n) is 5.36. The van der Waals surface area contributed by atoms with Gasteiger partial charge in [-0.1, -0.05) is 56.6 Å². The Morgan fingerprint density at radius 2 is 1.80 bits per heavy atom. The predicted octanol–water partition coefficient (Wildman–Crippen LogP) is 3.69. The zero-order valence-electron chi connectivity index (χ0n) is 20.8. The minimum absolute atomic E-state index is 0.101. The summed E-state index contributed by atoms with van der Waals surface area (Å²) in [6, 6.07) is 12.8. The topological polar surface area (TPSA) is 96.0 Å². The molecule has 10 heteroatoms. The number of amides is 2.